The molecule has 0 aliphatic rings. The molecule has 50 heavy (non-hydrogen) atoms. The molecule has 5 nitrogen and oxygen atoms in total. The highest BCUT2D eigenvalue weighted by molar-refractivity contribution is 6.09. The van der Waals surface area contributed by atoms with Crippen LogP contribution in [-0.2, 0) is 16.2 Å². The molecule has 0 aliphatic heterocycles. The average Bonchev–Trinajstić information content (AvgIpc) is 3.66. The minimum atomic E-state index is -0.0583. The Hall–Kier alpha value is -5.16. The van der Waals surface area contributed by atoms with E-state index < -0.39 is 0 Å². The van der Waals surface area contributed by atoms with Crippen molar-refractivity contribution in [1.29, 1.82) is 0 Å². The fourth-order valence-electron chi connectivity index (χ4n) is 7.25. The number of nitrogens with zero attached hydrogens (tertiary/aromatic N) is 4. The molecule has 4 aromatic carbocycles. The topological polar surface area (TPSA) is 44.9 Å². The predicted octanol–water partition coefficient (Wildman–Crippen LogP) is 12.0. The Bertz CT molecular complexity index is 2370. The molecule has 0 fully saturated rings. The van der Waals surface area contributed by atoms with Gasteiger partial charge in [0.15, 0.2) is 0 Å². The SMILES string of the molecule is Cc1ccnc(-n2c3ccccc3c3ccc(Oc4cccc(-n5cc(-c6c(C(C)(C)C)ccc(C(C)(C)C)c6C(C)(C)C)cn5)c4)cc32)c1. The maximum absolute atomic E-state index is 6.56. The second-order valence-electron chi connectivity index (χ2n) is 16.7. The number of para-hydroxylation sites is 1. The summed E-state index contributed by atoms with van der Waals surface area (Å²) in [5.74, 6) is 2.40. The number of pyridine rings is 1. The standard InChI is InChI=1S/C45H48N4O/c1-29-22-23-46-40(24-29)49-38-17-12-11-16-34(38)35-19-18-33(26-39(35)49)50-32-15-13-14-31(25-32)48-28-30(27-47-48)41-36(43(2,3)4)20-21-37(44(5,6)7)42(41)45(8,9)10/h11-28H,1-10H3. The number of benzene rings is 4. The molecule has 5 heteroatoms. The van der Waals surface area contributed by atoms with E-state index in [1.807, 2.05) is 41.3 Å². The summed E-state index contributed by atoms with van der Waals surface area (Å²) in [7, 11) is 0. The zero-order chi connectivity index (χ0) is 35.6. The first-order valence-corrected chi connectivity index (χ1v) is 17.6. The van der Waals surface area contributed by atoms with Gasteiger partial charge in [-0.05, 0) is 93.5 Å². The first-order chi connectivity index (χ1) is 23.6. The molecule has 0 amide bonds. The zero-order valence-corrected chi connectivity index (χ0v) is 31.1. The summed E-state index contributed by atoms with van der Waals surface area (Å²) in [5, 5.41) is 7.26. The Morgan fingerprint density at radius 1 is 0.620 bits per heavy atom. The minimum Gasteiger partial charge on any atom is -0.457 e. The van der Waals surface area contributed by atoms with Crippen LogP contribution in [0.1, 0.15) is 84.6 Å². The van der Waals surface area contributed by atoms with Gasteiger partial charge in [0.2, 0.25) is 0 Å². The second-order valence-corrected chi connectivity index (χ2v) is 16.7. The van der Waals surface area contributed by atoms with Crippen LogP contribution < -0.4 is 4.74 Å². The van der Waals surface area contributed by atoms with Crippen LogP contribution in [-0.4, -0.2) is 19.3 Å². The number of fused-ring (bicyclic) bond motifs is 3. The van der Waals surface area contributed by atoms with Crippen molar-refractivity contribution in [3.05, 3.63) is 132 Å². The number of hydrogen-bond acceptors (Lipinski definition) is 3. The van der Waals surface area contributed by atoms with Crippen molar-refractivity contribution >= 4 is 21.8 Å². The molecule has 0 spiro atoms. The lowest BCUT2D eigenvalue weighted by atomic mass is 9.68. The number of aryl methyl sites for hydroxylation is 1. The van der Waals surface area contributed by atoms with Crippen LogP contribution in [0.5, 0.6) is 11.5 Å². The van der Waals surface area contributed by atoms with Gasteiger partial charge >= 0.3 is 0 Å². The maximum atomic E-state index is 6.56. The first kappa shape index (κ1) is 33.3. The molecule has 0 aliphatic carbocycles. The highest BCUT2D eigenvalue weighted by Crippen LogP contribution is 2.45. The lowest BCUT2D eigenvalue weighted by Crippen LogP contribution is -2.25. The first-order valence-electron chi connectivity index (χ1n) is 17.6. The van der Waals surface area contributed by atoms with E-state index in [0.717, 1.165) is 50.6 Å². The van der Waals surface area contributed by atoms with Crippen LogP contribution in [0.2, 0.25) is 0 Å². The Balaban J connectivity index is 1.28. The fraction of sp³-hybridized carbons (Fsp3) is 0.289. The van der Waals surface area contributed by atoms with Gasteiger partial charge in [0.25, 0.3) is 0 Å². The monoisotopic (exact) mass is 660 g/mol. The molecule has 0 radical (unpaired) electrons. The van der Waals surface area contributed by atoms with Gasteiger partial charge < -0.3 is 4.74 Å². The molecule has 0 saturated carbocycles. The van der Waals surface area contributed by atoms with Crippen LogP contribution in [0.4, 0.5) is 0 Å². The van der Waals surface area contributed by atoms with Crippen molar-refractivity contribution in [3.8, 4) is 34.1 Å². The molecule has 7 aromatic rings. The van der Waals surface area contributed by atoms with E-state index in [1.165, 1.54) is 27.6 Å². The van der Waals surface area contributed by atoms with Gasteiger partial charge in [-0.3, -0.25) is 4.57 Å². The van der Waals surface area contributed by atoms with E-state index in [1.54, 1.807) is 0 Å². The van der Waals surface area contributed by atoms with Crippen LogP contribution >= 0.6 is 0 Å². The normalized spacial score (nSPS) is 12.6. The Labute approximate surface area is 296 Å². The molecule has 7 rings (SSSR count). The number of aromatic nitrogens is 4. The van der Waals surface area contributed by atoms with Crippen molar-refractivity contribution in [2.24, 2.45) is 0 Å². The van der Waals surface area contributed by atoms with Crippen LogP contribution in [0, 0.1) is 6.92 Å². The van der Waals surface area contributed by atoms with Crippen molar-refractivity contribution in [3.63, 3.8) is 0 Å². The lowest BCUT2D eigenvalue weighted by molar-refractivity contribution is 0.483. The zero-order valence-electron chi connectivity index (χ0n) is 31.1. The van der Waals surface area contributed by atoms with Crippen LogP contribution in [0.25, 0.3) is 44.4 Å². The summed E-state index contributed by atoms with van der Waals surface area (Å²) in [6, 6.07) is 31.8. The van der Waals surface area contributed by atoms with Crippen molar-refractivity contribution in [2.45, 2.75) is 85.5 Å². The van der Waals surface area contributed by atoms with E-state index in [0.29, 0.717) is 0 Å². The molecule has 3 heterocycles. The summed E-state index contributed by atoms with van der Waals surface area (Å²) < 4.78 is 10.7. The average molecular weight is 661 g/mol. The second kappa shape index (κ2) is 12.0. The summed E-state index contributed by atoms with van der Waals surface area (Å²) in [5.41, 5.74) is 10.7. The van der Waals surface area contributed by atoms with E-state index in [4.69, 9.17) is 14.8 Å². The fourth-order valence-corrected chi connectivity index (χ4v) is 7.25. The largest absolute Gasteiger partial charge is 0.457 e. The lowest BCUT2D eigenvalue weighted by Gasteiger charge is -2.36. The summed E-state index contributed by atoms with van der Waals surface area (Å²) in [6.07, 6.45) is 6.06. The molecular weight excluding hydrogens is 613 g/mol. The van der Waals surface area contributed by atoms with E-state index in [9.17, 15) is 0 Å². The number of hydrogen-bond donors (Lipinski definition) is 0. The Kier molecular flexibility index (Phi) is 8.01. The highest BCUT2D eigenvalue weighted by Gasteiger charge is 2.32. The molecule has 0 N–H and O–H groups in total. The van der Waals surface area contributed by atoms with Gasteiger partial charge in [0.05, 0.1) is 22.9 Å². The molecule has 0 saturated heterocycles. The van der Waals surface area contributed by atoms with Gasteiger partial charge in [-0.1, -0.05) is 98.7 Å². The van der Waals surface area contributed by atoms with Gasteiger partial charge in [-0.15, -0.1) is 0 Å². The summed E-state index contributed by atoms with van der Waals surface area (Å²) in [4.78, 5) is 4.73. The van der Waals surface area contributed by atoms with Gasteiger partial charge in [0.1, 0.15) is 17.3 Å². The predicted molar refractivity (Wildman–Crippen MR) is 208 cm³/mol. The molecular formula is C45H48N4O. The van der Waals surface area contributed by atoms with Crippen LogP contribution in [0.15, 0.2) is 110 Å². The molecule has 0 bridgehead atoms. The third-order valence-corrected chi connectivity index (χ3v) is 9.54. The molecule has 3 aromatic heterocycles. The van der Waals surface area contributed by atoms with E-state index in [-0.39, 0.29) is 16.2 Å². The highest BCUT2D eigenvalue weighted by atomic mass is 16.5. The van der Waals surface area contributed by atoms with Gasteiger partial charge in [0, 0.05) is 40.9 Å². The van der Waals surface area contributed by atoms with E-state index >= 15 is 0 Å². The van der Waals surface area contributed by atoms with Crippen molar-refractivity contribution < 1.29 is 4.74 Å². The maximum Gasteiger partial charge on any atom is 0.137 e. The van der Waals surface area contributed by atoms with Gasteiger partial charge in [-0.25, -0.2) is 9.67 Å². The Morgan fingerprint density at radius 3 is 2.04 bits per heavy atom. The van der Waals surface area contributed by atoms with Crippen molar-refractivity contribution in [2.75, 3.05) is 0 Å². The number of rotatable bonds is 5. The Morgan fingerprint density at radius 2 is 1.32 bits per heavy atom. The van der Waals surface area contributed by atoms with E-state index in [2.05, 4.69) is 147 Å². The third-order valence-electron chi connectivity index (χ3n) is 9.54. The quantitative estimate of drug-likeness (QED) is 0.185. The summed E-state index contributed by atoms with van der Waals surface area (Å²) >= 11 is 0. The minimum absolute atomic E-state index is 0.00334. The molecule has 254 valence electrons. The summed E-state index contributed by atoms with van der Waals surface area (Å²) in [6.45, 7) is 22.9. The van der Waals surface area contributed by atoms with Crippen LogP contribution in [0.3, 0.4) is 0 Å². The van der Waals surface area contributed by atoms with Crippen molar-refractivity contribution in [1.82, 2.24) is 19.3 Å². The molecule has 0 atom stereocenters. The number of ether oxygens (including phenoxy) is 1. The van der Waals surface area contributed by atoms with Gasteiger partial charge in [-0.2, -0.15) is 5.10 Å². The molecule has 0 unspecified atom stereocenters. The third kappa shape index (κ3) is 6.10. The smallest absolute Gasteiger partial charge is 0.137 e.